The Labute approximate surface area is 189 Å². The zero-order valence-corrected chi connectivity index (χ0v) is 19.4. The van der Waals surface area contributed by atoms with E-state index in [0.717, 1.165) is 24.9 Å². The number of carbonyl (C=O) groups excluding carboxylic acids is 1. The second-order valence-corrected chi connectivity index (χ2v) is 7.47. The van der Waals surface area contributed by atoms with E-state index < -0.39 is 0 Å². The summed E-state index contributed by atoms with van der Waals surface area (Å²) in [6.45, 7) is 1.17. The number of Topliss-reactive ketones (excluding diaryl/α,β-unsaturated/α-hetero) is 1. The molecule has 8 heteroatoms. The van der Waals surface area contributed by atoms with Crippen LogP contribution in [-0.4, -0.2) is 45.5 Å². The fourth-order valence-corrected chi connectivity index (χ4v) is 3.03. The van der Waals surface area contributed by atoms with E-state index in [2.05, 4.69) is 4.90 Å². The maximum Gasteiger partial charge on any atom is 0.166 e. The number of ether oxygens (including phenoxy) is 3. The van der Waals surface area contributed by atoms with Crippen LogP contribution < -0.4 is 19.9 Å². The molecule has 0 unspecified atom stereocenters. The number of nitrogens with two attached hydrogens (primary N) is 1. The Bertz CT molecular complexity index is 822. The number of ketones is 1. The van der Waals surface area contributed by atoms with Crippen LogP contribution in [0.4, 0.5) is 5.69 Å². The number of nitrogen functional groups attached to an aromatic ring is 1. The van der Waals surface area contributed by atoms with Gasteiger partial charge >= 0.3 is 0 Å². The SMILES string of the molecule is COc1cc(COc2cc(N)c(Cl)cc2C(=O)CCCCN(C)C)cc(OC)c1.Cl. The number of rotatable bonds is 11. The monoisotopic (exact) mass is 456 g/mol. The van der Waals surface area contributed by atoms with Gasteiger partial charge in [0.1, 0.15) is 23.9 Å². The molecular weight excluding hydrogens is 427 g/mol. The highest BCUT2D eigenvalue weighted by atomic mass is 35.5. The third-order valence-corrected chi connectivity index (χ3v) is 4.79. The van der Waals surface area contributed by atoms with E-state index >= 15 is 0 Å². The van der Waals surface area contributed by atoms with Crippen LogP contribution in [0.5, 0.6) is 17.2 Å². The molecule has 0 aromatic heterocycles. The second-order valence-electron chi connectivity index (χ2n) is 7.06. The Kier molecular flexibility index (Phi) is 10.8. The normalized spacial score (nSPS) is 10.5. The average Bonchev–Trinajstić information content (AvgIpc) is 2.71. The van der Waals surface area contributed by atoms with Gasteiger partial charge in [-0.1, -0.05) is 11.6 Å². The van der Waals surface area contributed by atoms with Crippen molar-refractivity contribution in [2.24, 2.45) is 0 Å². The minimum Gasteiger partial charge on any atom is -0.497 e. The molecule has 0 radical (unpaired) electrons. The summed E-state index contributed by atoms with van der Waals surface area (Å²) in [5.74, 6) is 1.74. The van der Waals surface area contributed by atoms with Crippen LogP contribution in [-0.2, 0) is 6.61 Å². The van der Waals surface area contributed by atoms with Crippen molar-refractivity contribution >= 4 is 35.5 Å². The standard InChI is InChI=1S/C22H29ClN2O4.ClH/c1-25(2)8-6-5-7-21(26)18-12-19(23)20(24)13-22(18)29-14-15-9-16(27-3)11-17(10-15)28-4;/h9-13H,5-8,14,24H2,1-4H3;1H. The Morgan fingerprint density at radius 3 is 2.23 bits per heavy atom. The first-order valence-electron chi connectivity index (χ1n) is 9.45. The lowest BCUT2D eigenvalue weighted by atomic mass is 10.0. The lowest BCUT2D eigenvalue weighted by Crippen LogP contribution is -2.13. The largest absolute Gasteiger partial charge is 0.497 e. The van der Waals surface area contributed by atoms with Gasteiger partial charge in [0.25, 0.3) is 0 Å². The molecule has 0 aliphatic rings. The zero-order chi connectivity index (χ0) is 21.4. The molecule has 30 heavy (non-hydrogen) atoms. The number of hydrogen-bond acceptors (Lipinski definition) is 6. The van der Waals surface area contributed by atoms with E-state index in [-0.39, 0.29) is 24.8 Å². The van der Waals surface area contributed by atoms with Crippen LogP contribution in [0.2, 0.25) is 5.02 Å². The summed E-state index contributed by atoms with van der Waals surface area (Å²) in [6, 6.07) is 8.68. The van der Waals surface area contributed by atoms with Crippen LogP contribution in [0.3, 0.4) is 0 Å². The molecular formula is C22H30Cl2N2O4. The summed E-state index contributed by atoms with van der Waals surface area (Å²) < 4.78 is 16.5. The molecule has 0 atom stereocenters. The first kappa shape index (κ1) is 25.9. The topological polar surface area (TPSA) is 74.0 Å². The molecule has 0 saturated carbocycles. The van der Waals surface area contributed by atoms with Crippen molar-refractivity contribution in [3.63, 3.8) is 0 Å². The summed E-state index contributed by atoms with van der Waals surface area (Å²) in [6.07, 6.45) is 2.17. The molecule has 2 N–H and O–H groups in total. The van der Waals surface area contributed by atoms with Crippen molar-refractivity contribution in [3.05, 3.63) is 46.5 Å². The summed E-state index contributed by atoms with van der Waals surface area (Å²) in [7, 11) is 7.21. The number of nitrogens with zero attached hydrogens (tertiary/aromatic N) is 1. The van der Waals surface area contributed by atoms with E-state index in [9.17, 15) is 4.79 Å². The molecule has 6 nitrogen and oxygen atoms in total. The number of hydrogen-bond donors (Lipinski definition) is 1. The summed E-state index contributed by atoms with van der Waals surface area (Å²) in [5, 5.41) is 0.344. The van der Waals surface area contributed by atoms with E-state index in [1.165, 1.54) is 0 Å². The molecule has 2 rings (SSSR count). The van der Waals surface area contributed by atoms with E-state index in [4.69, 9.17) is 31.5 Å². The zero-order valence-electron chi connectivity index (χ0n) is 17.9. The van der Waals surface area contributed by atoms with Crippen LogP contribution in [0, 0.1) is 0 Å². The van der Waals surface area contributed by atoms with Crippen molar-refractivity contribution in [2.75, 3.05) is 40.6 Å². The molecule has 166 valence electrons. The fraction of sp³-hybridized carbons (Fsp3) is 0.409. The number of anilines is 1. The van der Waals surface area contributed by atoms with E-state index in [1.54, 1.807) is 32.4 Å². The van der Waals surface area contributed by atoms with Gasteiger partial charge in [0.05, 0.1) is 30.5 Å². The van der Waals surface area contributed by atoms with Gasteiger partial charge in [-0.25, -0.2) is 0 Å². The predicted molar refractivity (Wildman–Crippen MR) is 124 cm³/mol. The van der Waals surface area contributed by atoms with Crippen molar-refractivity contribution in [3.8, 4) is 17.2 Å². The number of carbonyl (C=O) groups is 1. The highest BCUT2D eigenvalue weighted by molar-refractivity contribution is 6.33. The van der Waals surface area contributed by atoms with Gasteiger partial charge < -0.3 is 24.8 Å². The van der Waals surface area contributed by atoms with E-state index in [0.29, 0.717) is 39.9 Å². The Morgan fingerprint density at radius 1 is 1.03 bits per heavy atom. The van der Waals surface area contributed by atoms with Crippen molar-refractivity contribution in [1.82, 2.24) is 4.90 Å². The number of unbranched alkanes of at least 4 members (excludes halogenated alkanes) is 1. The Hall–Kier alpha value is -2.15. The smallest absolute Gasteiger partial charge is 0.166 e. The molecule has 0 aliphatic carbocycles. The first-order valence-corrected chi connectivity index (χ1v) is 9.83. The molecule has 2 aromatic rings. The van der Waals surface area contributed by atoms with Gasteiger partial charge in [0.15, 0.2) is 5.78 Å². The summed E-state index contributed by atoms with van der Waals surface area (Å²) >= 11 is 6.16. The van der Waals surface area contributed by atoms with Crippen LogP contribution in [0.15, 0.2) is 30.3 Å². The van der Waals surface area contributed by atoms with E-state index in [1.807, 2.05) is 26.2 Å². The Balaban J connectivity index is 0.00000450. The van der Waals surface area contributed by atoms with Crippen molar-refractivity contribution in [1.29, 1.82) is 0 Å². The number of halogens is 2. The molecule has 0 saturated heterocycles. The van der Waals surface area contributed by atoms with Gasteiger partial charge in [0, 0.05) is 18.6 Å². The van der Waals surface area contributed by atoms with Crippen LogP contribution in [0.25, 0.3) is 0 Å². The van der Waals surface area contributed by atoms with Gasteiger partial charge in [-0.15, -0.1) is 12.4 Å². The van der Waals surface area contributed by atoms with Crippen LogP contribution in [0.1, 0.15) is 35.2 Å². The van der Waals surface area contributed by atoms with Gasteiger partial charge in [0.2, 0.25) is 0 Å². The lowest BCUT2D eigenvalue weighted by molar-refractivity contribution is 0.0974. The fourth-order valence-electron chi connectivity index (χ4n) is 2.87. The van der Waals surface area contributed by atoms with Crippen LogP contribution >= 0.6 is 24.0 Å². The first-order chi connectivity index (χ1) is 13.8. The quantitative estimate of drug-likeness (QED) is 0.295. The number of benzene rings is 2. The third-order valence-electron chi connectivity index (χ3n) is 4.46. The minimum absolute atomic E-state index is 0. The van der Waals surface area contributed by atoms with Gasteiger partial charge in [-0.05, 0) is 57.2 Å². The minimum atomic E-state index is -0.0103. The third kappa shape index (κ3) is 7.59. The summed E-state index contributed by atoms with van der Waals surface area (Å²) in [5.41, 5.74) is 7.60. The highest BCUT2D eigenvalue weighted by Gasteiger charge is 2.16. The summed E-state index contributed by atoms with van der Waals surface area (Å²) in [4.78, 5) is 14.9. The molecule has 0 fully saturated rings. The molecule has 2 aromatic carbocycles. The highest BCUT2D eigenvalue weighted by Crippen LogP contribution is 2.31. The molecule has 0 spiro atoms. The van der Waals surface area contributed by atoms with Crippen molar-refractivity contribution in [2.45, 2.75) is 25.9 Å². The van der Waals surface area contributed by atoms with Gasteiger partial charge in [-0.2, -0.15) is 0 Å². The lowest BCUT2D eigenvalue weighted by Gasteiger charge is -2.14. The maximum absolute atomic E-state index is 12.8. The average molecular weight is 457 g/mol. The second kappa shape index (κ2) is 12.5. The molecule has 0 heterocycles. The Morgan fingerprint density at radius 2 is 1.67 bits per heavy atom. The number of methoxy groups -OCH3 is 2. The molecule has 0 amide bonds. The maximum atomic E-state index is 12.8. The molecule has 0 bridgehead atoms. The van der Waals surface area contributed by atoms with Gasteiger partial charge in [-0.3, -0.25) is 4.79 Å². The predicted octanol–water partition coefficient (Wildman–Crippen LogP) is 4.85. The molecule has 0 aliphatic heterocycles. The van der Waals surface area contributed by atoms with Crippen molar-refractivity contribution < 1.29 is 19.0 Å².